The maximum absolute atomic E-state index is 9.03. The number of nitrogens with zero attached hydrogens (tertiary/aromatic N) is 1. The molecule has 0 aliphatic carbocycles. The van der Waals surface area contributed by atoms with Crippen LogP contribution in [0.2, 0.25) is 0 Å². The van der Waals surface area contributed by atoms with Gasteiger partial charge in [0.15, 0.2) is 0 Å². The van der Waals surface area contributed by atoms with Gasteiger partial charge in [0, 0.05) is 23.3 Å². The van der Waals surface area contributed by atoms with Gasteiger partial charge >= 0.3 is 0 Å². The van der Waals surface area contributed by atoms with Gasteiger partial charge in [-0.15, -0.1) is 0 Å². The molecule has 1 heterocycles. The Labute approximate surface area is 68.1 Å². The van der Waals surface area contributed by atoms with Crippen LogP contribution < -0.4 is 4.73 Å². The maximum Gasteiger partial charge on any atom is 0.233 e. The zero-order valence-corrected chi connectivity index (χ0v) is 7.41. The van der Waals surface area contributed by atoms with E-state index in [4.69, 9.17) is 5.21 Å². The van der Waals surface area contributed by atoms with Crippen molar-refractivity contribution in [1.29, 1.82) is 0 Å². The average molecular weight is 154 g/mol. The largest absolute Gasteiger partial charge is 0.285 e. The second-order valence-electron chi connectivity index (χ2n) is 1.89. The van der Waals surface area contributed by atoms with Crippen LogP contribution in [0.15, 0.2) is 24.4 Å². The van der Waals surface area contributed by atoms with Gasteiger partial charge in [-0.1, -0.05) is 20.8 Å². The number of pyridine rings is 1. The summed E-state index contributed by atoms with van der Waals surface area (Å²) in [5.74, 6) is 0. The van der Waals surface area contributed by atoms with Gasteiger partial charge < -0.3 is 0 Å². The van der Waals surface area contributed by atoms with E-state index in [0.717, 1.165) is 16.8 Å². The Morgan fingerprint density at radius 2 is 2.00 bits per heavy atom. The number of aryl methyl sites for hydroxylation is 1. The summed E-state index contributed by atoms with van der Waals surface area (Å²) in [5, 5.41) is 9.03. The van der Waals surface area contributed by atoms with E-state index < -0.39 is 0 Å². The molecule has 0 saturated carbocycles. The third kappa shape index (κ3) is 3.03. The first-order chi connectivity index (χ1) is 5.34. The van der Waals surface area contributed by atoms with Crippen molar-refractivity contribution in [1.82, 2.24) is 0 Å². The van der Waals surface area contributed by atoms with Crippen LogP contribution in [0.25, 0.3) is 0 Å². The van der Waals surface area contributed by atoms with Gasteiger partial charge in [0.25, 0.3) is 0 Å². The SMILES string of the molecule is CC.CCc1cccc[n+]1O. The van der Waals surface area contributed by atoms with E-state index in [0.29, 0.717) is 0 Å². The fourth-order valence-electron chi connectivity index (χ4n) is 0.750. The molecule has 0 saturated heterocycles. The normalized spacial score (nSPS) is 8.27. The Morgan fingerprint density at radius 3 is 2.36 bits per heavy atom. The lowest BCUT2D eigenvalue weighted by Crippen LogP contribution is -2.33. The van der Waals surface area contributed by atoms with Crippen molar-refractivity contribution >= 4 is 0 Å². The molecule has 0 radical (unpaired) electrons. The van der Waals surface area contributed by atoms with Crippen LogP contribution in [-0.4, -0.2) is 5.21 Å². The van der Waals surface area contributed by atoms with Gasteiger partial charge in [-0.05, 0) is 6.07 Å². The van der Waals surface area contributed by atoms with Crippen molar-refractivity contribution in [3.63, 3.8) is 0 Å². The van der Waals surface area contributed by atoms with Crippen LogP contribution in [0.4, 0.5) is 0 Å². The molecule has 2 heteroatoms. The first kappa shape index (κ1) is 9.95. The molecular weight excluding hydrogens is 138 g/mol. The molecule has 1 rings (SSSR count). The first-order valence-corrected chi connectivity index (χ1v) is 4.03. The molecule has 62 valence electrons. The first-order valence-electron chi connectivity index (χ1n) is 4.03. The van der Waals surface area contributed by atoms with Gasteiger partial charge in [0.05, 0.1) is 0 Å². The summed E-state index contributed by atoms with van der Waals surface area (Å²) < 4.78 is 1.14. The molecule has 0 spiro atoms. The summed E-state index contributed by atoms with van der Waals surface area (Å²) in [5.41, 5.74) is 0.928. The summed E-state index contributed by atoms with van der Waals surface area (Å²) >= 11 is 0. The molecular formula is C9H16NO+. The minimum atomic E-state index is 0.858. The van der Waals surface area contributed by atoms with Crippen LogP contribution in [0.3, 0.4) is 0 Å². The van der Waals surface area contributed by atoms with Crippen molar-refractivity contribution in [3.05, 3.63) is 30.1 Å². The molecule has 0 bridgehead atoms. The van der Waals surface area contributed by atoms with E-state index in [2.05, 4.69) is 0 Å². The Kier molecular flexibility index (Phi) is 5.17. The Balaban J connectivity index is 0.000000461. The molecule has 0 aliphatic rings. The fourth-order valence-corrected chi connectivity index (χ4v) is 0.750. The summed E-state index contributed by atoms with van der Waals surface area (Å²) in [6.07, 6.45) is 2.48. The highest BCUT2D eigenvalue weighted by molar-refractivity contribution is 4.95. The molecule has 11 heavy (non-hydrogen) atoms. The highest BCUT2D eigenvalue weighted by Gasteiger charge is 2.01. The second-order valence-corrected chi connectivity index (χ2v) is 1.89. The summed E-state index contributed by atoms with van der Waals surface area (Å²) in [6.45, 7) is 6.00. The zero-order valence-electron chi connectivity index (χ0n) is 7.41. The predicted octanol–water partition coefficient (Wildman–Crippen LogP) is 1.80. The van der Waals surface area contributed by atoms with E-state index in [9.17, 15) is 0 Å². The maximum atomic E-state index is 9.03. The Hall–Kier alpha value is -1.05. The van der Waals surface area contributed by atoms with E-state index in [1.54, 1.807) is 12.3 Å². The molecule has 0 amide bonds. The number of aromatic nitrogens is 1. The van der Waals surface area contributed by atoms with E-state index in [1.165, 1.54) is 0 Å². The van der Waals surface area contributed by atoms with Gasteiger partial charge in [-0.25, -0.2) is 0 Å². The molecule has 1 aromatic rings. The molecule has 0 aliphatic heterocycles. The van der Waals surface area contributed by atoms with Crippen molar-refractivity contribution in [2.24, 2.45) is 0 Å². The lowest BCUT2D eigenvalue weighted by Gasteiger charge is -1.87. The standard InChI is InChI=1S/C7H10NO.C2H6/c1-2-7-5-3-4-6-8(7)9;1-2/h3-6,9H,2H2,1H3;1-2H3/q+1;. The molecule has 2 nitrogen and oxygen atoms in total. The van der Waals surface area contributed by atoms with Gasteiger partial charge in [-0.3, -0.25) is 5.21 Å². The minimum absolute atomic E-state index is 0.858. The van der Waals surface area contributed by atoms with Crippen LogP contribution in [0, 0.1) is 0 Å². The smallest absolute Gasteiger partial charge is 0.233 e. The van der Waals surface area contributed by atoms with Gasteiger partial charge in [0.2, 0.25) is 11.9 Å². The molecule has 1 aromatic heterocycles. The molecule has 0 atom stereocenters. The van der Waals surface area contributed by atoms with Crippen molar-refractivity contribution < 1.29 is 9.94 Å². The van der Waals surface area contributed by atoms with E-state index >= 15 is 0 Å². The lowest BCUT2D eigenvalue weighted by molar-refractivity contribution is -0.909. The molecule has 0 aromatic carbocycles. The zero-order chi connectivity index (χ0) is 8.69. The quantitative estimate of drug-likeness (QED) is 0.484. The second kappa shape index (κ2) is 5.71. The minimum Gasteiger partial charge on any atom is -0.285 e. The predicted molar refractivity (Wildman–Crippen MR) is 44.5 cm³/mol. The van der Waals surface area contributed by atoms with Crippen molar-refractivity contribution in [3.8, 4) is 0 Å². The molecule has 1 N–H and O–H groups in total. The number of rotatable bonds is 1. The van der Waals surface area contributed by atoms with Crippen molar-refractivity contribution in [2.45, 2.75) is 27.2 Å². The fraction of sp³-hybridized carbons (Fsp3) is 0.444. The average Bonchev–Trinajstić information content (AvgIpc) is 2.09. The van der Waals surface area contributed by atoms with Crippen LogP contribution >= 0.6 is 0 Å². The van der Waals surface area contributed by atoms with Crippen molar-refractivity contribution in [2.75, 3.05) is 0 Å². The highest BCUT2D eigenvalue weighted by Crippen LogP contribution is 1.88. The number of hydrogen-bond acceptors (Lipinski definition) is 1. The van der Waals surface area contributed by atoms with E-state index in [1.807, 2.05) is 32.9 Å². The third-order valence-electron chi connectivity index (χ3n) is 1.28. The Morgan fingerprint density at radius 1 is 1.36 bits per heavy atom. The molecule has 0 unspecified atom stereocenters. The third-order valence-corrected chi connectivity index (χ3v) is 1.28. The lowest BCUT2D eigenvalue weighted by atomic mass is 10.3. The van der Waals surface area contributed by atoms with Crippen LogP contribution in [-0.2, 0) is 6.42 Å². The van der Waals surface area contributed by atoms with Gasteiger partial charge in [-0.2, -0.15) is 0 Å². The summed E-state index contributed by atoms with van der Waals surface area (Å²) in [6, 6.07) is 5.59. The van der Waals surface area contributed by atoms with E-state index in [-0.39, 0.29) is 0 Å². The van der Waals surface area contributed by atoms with Crippen LogP contribution in [0.5, 0.6) is 0 Å². The van der Waals surface area contributed by atoms with Gasteiger partial charge in [0.1, 0.15) is 0 Å². The van der Waals surface area contributed by atoms with Crippen LogP contribution in [0.1, 0.15) is 26.5 Å². The monoisotopic (exact) mass is 154 g/mol. The summed E-state index contributed by atoms with van der Waals surface area (Å²) in [4.78, 5) is 0. The number of hydrogen-bond donors (Lipinski definition) is 1. The molecule has 0 fully saturated rings. The summed E-state index contributed by atoms with van der Waals surface area (Å²) in [7, 11) is 0. The topological polar surface area (TPSA) is 24.1 Å². The Bertz CT molecular complexity index is 199. The highest BCUT2D eigenvalue weighted by atomic mass is 16.5.